The highest BCUT2D eigenvalue weighted by Crippen LogP contribution is 2.34. The summed E-state index contributed by atoms with van der Waals surface area (Å²) in [5.74, 6) is -0.593. The topological polar surface area (TPSA) is 113 Å². The summed E-state index contributed by atoms with van der Waals surface area (Å²) in [5, 5.41) is 23.8. The van der Waals surface area contributed by atoms with Crippen LogP contribution in [0.2, 0.25) is 0 Å². The number of aliphatic hydroxyl groups is 1. The zero-order valence-corrected chi connectivity index (χ0v) is 15.1. The van der Waals surface area contributed by atoms with E-state index in [0.717, 1.165) is 0 Å². The average Bonchev–Trinajstić information content (AvgIpc) is 3.31. The van der Waals surface area contributed by atoms with Crippen molar-refractivity contribution in [2.24, 2.45) is 10.1 Å². The van der Waals surface area contributed by atoms with Crippen molar-refractivity contribution in [2.45, 2.75) is 31.9 Å². The van der Waals surface area contributed by atoms with Crippen molar-refractivity contribution in [3.05, 3.63) is 47.3 Å². The highest BCUT2D eigenvalue weighted by molar-refractivity contribution is 6.54. The first-order chi connectivity index (χ1) is 12.9. The Morgan fingerprint density at radius 1 is 1.44 bits per heavy atom. The highest BCUT2D eigenvalue weighted by Gasteiger charge is 2.48. The number of hydrazone groups is 1. The second-order valence-electron chi connectivity index (χ2n) is 6.33. The summed E-state index contributed by atoms with van der Waals surface area (Å²) >= 11 is 0. The van der Waals surface area contributed by atoms with Gasteiger partial charge in [-0.05, 0) is 25.8 Å². The molecule has 0 bridgehead atoms. The number of nitrogens with zero attached hydrogens (tertiary/aromatic N) is 3. The summed E-state index contributed by atoms with van der Waals surface area (Å²) in [4.78, 5) is 16.0. The Balaban J connectivity index is 1.77. The van der Waals surface area contributed by atoms with Gasteiger partial charge in [0.1, 0.15) is 17.1 Å². The fraction of sp³-hybridized carbons (Fsp3) is 0.333. The molecule has 1 aliphatic carbocycles. The summed E-state index contributed by atoms with van der Waals surface area (Å²) in [7, 11) is 1.59. The summed E-state index contributed by atoms with van der Waals surface area (Å²) in [6.07, 6.45) is 2.55. The van der Waals surface area contributed by atoms with E-state index in [4.69, 9.17) is 5.41 Å². The molecule has 2 aliphatic rings. The number of aliphatic imine (C=N–C) groups is 1. The van der Waals surface area contributed by atoms with Crippen LogP contribution >= 0.6 is 0 Å². The number of hydrazine groups is 1. The highest BCUT2D eigenvalue weighted by atomic mass is 19.1. The normalized spacial score (nSPS) is 20.6. The molecule has 0 atom stereocenters. The number of allylic oxidation sites excluding steroid dienone is 1. The van der Waals surface area contributed by atoms with E-state index in [0.29, 0.717) is 29.8 Å². The van der Waals surface area contributed by atoms with Crippen LogP contribution < -0.4 is 10.9 Å². The Kier molecular flexibility index (Phi) is 5.04. The molecule has 8 nitrogen and oxygen atoms in total. The molecule has 1 fully saturated rings. The fourth-order valence-corrected chi connectivity index (χ4v) is 2.69. The first kappa shape index (κ1) is 18.7. The van der Waals surface area contributed by atoms with Gasteiger partial charge >= 0.3 is 0 Å². The van der Waals surface area contributed by atoms with Crippen molar-refractivity contribution in [2.75, 3.05) is 7.05 Å². The molecular weight excluding hydrogens is 351 g/mol. The summed E-state index contributed by atoms with van der Waals surface area (Å²) in [6, 6.07) is 6.38. The number of hydrogen-bond acceptors (Lipinski definition) is 5. The van der Waals surface area contributed by atoms with Crippen LogP contribution in [-0.2, 0) is 11.3 Å². The molecule has 0 spiro atoms. The van der Waals surface area contributed by atoms with Gasteiger partial charge in [-0.2, -0.15) is 5.10 Å². The van der Waals surface area contributed by atoms with E-state index in [2.05, 4.69) is 20.9 Å². The predicted octanol–water partition coefficient (Wildman–Crippen LogP) is 1.09. The number of amidine groups is 2. The number of nitrogens with one attached hydrogen (secondary N) is 3. The maximum Gasteiger partial charge on any atom is 0.270 e. The predicted molar refractivity (Wildman–Crippen MR) is 99.7 cm³/mol. The minimum Gasteiger partial charge on any atom is -0.380 e. The number of benzene rings is 1. The van der Waals surface area contributed by atoms with Crippen molar-refractivity contribution in [3.63, 3.8) is 0 Å². The average molecular weight is 372 g/mol. The molecule has 0 radical (unpaired) electrons. The maximum atomic E-state index is 14.0. The van der Waals surface area contributed by atoms with Crippen molar-refractivity contribution in [1.82, 2.24) is 15.9 Å². The second-order valence-corrected chi connectivity index (χ2v) is 6.33. The molecule has 9 heteroatoms. The Morgan fingerprint density at radius 2 is 2.15 bits per heavy atom. The Labute approximate surface area is 156 Å². The lowest BCUT2D eigenvalue weighted by molar-refractivity contribution is -0.132. The van der Waals surface area contributed by atoms with Crippen LogP contribution in [0, 0.1) is 11.2 Å². The molecule has 0 saturated heterocycles. The van der Waals surface area contributed by atoms with Gasteiger partial charge in [0.2, 0.25) is 0 Å². The van der Waals surface area contributed by atoms with Gasteiger partial charge in [0, 0.05) is 18.2 Å². The molecule has 1 heterocycles. The molecule has 0 unspecified atom stereocenters. The number of amides is 1. The number of carbonyl (C=O) groups is 1. The Bertz CT molecular complexity index is 872. The lowest BCUT2D eigenvalue weighted by Gasteiger charge is -2.15. The third-order valence-corrected chi connectivity index (χ3v) is 4.42. The Morgan fingerprint density at radius 3 is 2.74 bits per heavy atom. The van der Waals surface area contributed by atoms with Gasteiger partial charge in [0.15, 0.2) is 11.7 Å². The van der Waals surface area contributed by atoms with E-state index >= 15 is 0 Å². The largest absolute Gasteiger partial charge is 0.380 e. The standard InChI is InChI=1S/C18H21FN6O2/c1-3-12-14(15(20)22-23-17(26)18(27)8-9-18)24-25(16(12)21-2)10-11-6-4-5-7-13(11)19/h3-7,27H,8-10H2,1-2H3,(H2,20,22)(H,23,26)/b12-3-,21-16+. The molecule has 142 valence electrons. The quantitative estimate of drug-likeness (QED) is 0.360. The Hall–Kier alpha value is -3.07. The first-order valence-electron chi connectivity index (χ1n) is 8.51. The molecular formula is C18H21FN6O2. The molecule has 1 aromatic rings. The van der Waals surface area contributed by atoms with Crippen molar-refractivity contribution in [3.8, 4) is 0 Å². The number of hydrogen-bond donors (Lipinski definition) is 4. The van der Waals surface area contributed by atoms with E-state index in [-0.39, 0.29) is 23.9 Å². The molecule has 1 amide bonds. The van der Waals surface area contributed by atoms with Gasteiger partial charge in [-0.3, -0.25) is 26.0 Å². The molecule has 3 rings (SSSR count). The van der Waals surface area contributed by atoms with Crippen LogP contribution in [-0.4, -0.2) is 46.1 Å². The minimum atomic E-state index is -1.35. The lowest BCUT2D eigenvalue weighted by atomic mass is 10.1. The van der Waals surface area contributed by atoms with E-state index in [1.165, 1.54) is 11.1 Å². The van der Waals surface area contributed by atoms with Gasteiger partial charge in [0.25, 0.3) is 5.91 Å². The van der Waals surface area contributed by atoms with Crippen molar-refractivity contribution < 1.29 is 14.3 Å². The molecule has 0 aromatic heterocycles. The van der Waals surface area contributed by atoms with E-state index in [9.17, 15) is 14.3 Å². The monoisotopic (exact) mass is 372 g/mol. The summed E-state index contributed by atoms with van der Waals surface area (Å²) in [6.45, 7) is 1.93. The zero-order chi connectivity index (χ0) is 19.6. The van der Waals surface area contributed by atoms with Crippen LogP contribution in [0.15, 0.2) is 46.0 Å². The SMILES string of the molecule is C/C=C1/C(C(=N)NNC(=O)C2(O)CC2)=NN(Cc2ccccc2F)/C1=N/C. The van der Waals surface area contributed by atoms with Gasteiger partial charge < -0.3 is 5.11 Å². The van der Waals surface area contributed by atoms with Crippen molar-refractivity contribution >= 4 is 23.3 Å². The van der Waals surface area contributed by atoms with Gasteiger partial charge in [0.05, 0.1) is 6.54 Å². The molecule has 1 aliphatic heterocycles. The number of rotatable bonds is 4. The van der Waals surface area contributed by atoms with Crippen molar-refractivity contribution in [1.29, 1.82) is 5.41 Å². The smallest absolute Gasteiger partial charge is 0.270 e. The van der Waals surface area contributed by atoms with Crippen LogP contribution in [0.3, 0.4) is 0 Å². The molecule has 1 saturated carbocycles. The molecule has 1 aromatic carbocycles. The van der Waals surface area contributed by atoms with E-state index in [1.807, 2.05) is 0 Å². The minimum absolute atomic E-state index is 0.152. The van der Waals surface area contributed by atoms with E-state index < -0.39 is 11.5 Å². The van der Waals surface area contributed by atoms with E-state index in [1.54, 1.807) is 38.2 Å². The van der Waals surface area contributed by atoms with Crippen LogP contribution in [0.1, 0.15) is 25.3 Å². The van der Waals surface area contributed by atoms with Gasteiger partial charge in [-0.15, -0.1) is 0 Å². The summed E-state index contributed by atoms with van der Waals surface area (Å²) < 4.78 is 14.0. The first-order valence-corrected chi connectivity index (χ1v) is 8.51. The molecule has 4 N–H and O–H groups in total. The third-order valence-electron chi connectivity index (χ3n) is 4.42. The maximum absolute atomic E-state index is 14.0. The van der Waals surface area contributed by atoms with Crippen LogP contribution in [0.25, 0.3) is 0 Å². The number of halogens is 1. The lowest BCUT2D eigenvalue weighted by Crippen LogP contribution is -2.49. The van der Waals surface area contributed by atoms with Crippen LogP contribution in [0.4, 0.5) is 4.39 Å². The summed E-state index contributed by atoms with van der Waals surface area (Å²) in [5.41, 5.74) is 4.75. The van der Waals surface area contributed by atoms with Gasteiger partial charge in [-0.1, -0.05) is 24.3 Å². The second kappa shape index (κ2) is 7.28. The fourth-order valence-electron chi connectivity index (χ4n) is 2.69. The van der Waals surface area contributed by atoms with Gasteiger partial charge in [-0.25, -0.2) is 9.40 Å². The zero-order valence-electron chi connectivity index (χ0n) is 15.1. The molecule has 27 heavy (non-hydrogen) atoms. The van der Waals surface area contributed by atoms with Crippen LogP contribution in [0.5, 0.6) is 0 Å². The number of carbonyl (C=O) groups excluding carboxylic acids is 1. The third kappa shape index (κ3) is 3.72.